The van der Waals surface area contributed by atoms with Crippen LogP contribution in [0.15, 0.2) is 12.1 Å². The van der Waals surface area contributed by atoms with E-state index >= 15 is 0 Å². The van der Waals surface area contributed by atoms with E-state index in [1.165, 1.54) is 0 Å². The Hall–Kier alpha value is -0.0900. The van der Waals surface area contributed by atoms with Gasteiger partial charge in [-0.1, -0.05) is 36.0 Å². The molecule has 0 fully saturated rings. The average molecular weight is 252 g/mol. The molecular weight excluding hydrogens is 241 g/mol. The van der Waals surface area contributed by atoms with Gasteiger partial charge in [0.05, 0.1) is 11.8 Å². The highest BCUT2D eigenvalue weighted by Gasteiger charge is 2.10. The molecule has 1 aromatic carbocycles. The lowest BCUT2D eigenvalue weighted by Gasteiger charge is -2.12. The van der Waals surface area contributed by atoms with Gasteiger partial charge in [0, 0.05) is 16.5 Å². The number of thiol groups is 1. The van der Waals surface area contributed by atoms with E-state index in [1.807, 2.05) is 0 Å². The summed E-state index contributed by atoms with van der Waals surface area (Å²) < 4.78 is 2.70. The van der Waals surface area contributed by atoms with Crippen molar-refractivity contribution in [3.05, 3.63) is 27.7 Å². The molecule has 1 rings (SSSR count). The summed E-state index contributed by atoms with van der Waals surface area (Å²) in [6.07, 6.45) is 0.0212. The molecule has 0 saturated heterocycles. The van der Waals surface area contributed by atoms with Crippen molar-refractivity contribution in [2.45, 2.75) is 19.4 Å². The predicted octanol–water partition coefficient (Wildman–Crippen LogP) is 3.17. The minimum atomic E-state index is -0.450. The third-order valence-corrected chi connectivity index (χ3v) is 2.58. The maximum absolute atomic E-state index is 9.28. The van der Waals surface area contributed by atoms with Crippen LogP contribution >= 0.6 is 36.0 Å². The van der Waals surface area contributed by atoms with Crippen LogP contribution in [0.25, 0.3) is 0 Å². The topological polar surface area (TPSA) is 32.3 Å². The average Bonchev–Trinajstić information content (AvgIpc) is 2.08. The number of rotatable bonds is 3. The van der Waals surface area contributed by atoms with Gasteiger partial charge < -0.3 is 9.83 Å². The van der Waals surface area contributed by atoms with Crippen LogP contribution in [0.5, 0.6) is 0 Å². The van der Waals surface area contributed by atoms with Crippen LogP contribution in [0.4, 0.5) is 5.69 Å². The molecule has 0 amide bonds. The first kappa shape index (κ1) is 12.0. The Kier molecular flexibility index (Phi) is 4.38. The van der Waals surface area contributed by atoms with Crippen molar-refractivity contribution in [3.8, 4) is 0 Å². The summed E-state index contributed by atoms with van der Waals surface area (Å²) in [5.74, 6) is 0. The van der Waals surface area contributed by atoms with E-state index < -0.39 is 6.10 Å². The lowest BCUT2D eigenvalue weighted by atomic mass is 10.1. The normalized spacial score (nSPS) is 12.6. The Labute approximate surface area is 98.8 Å². The molecule has 1 atom stereocenters. The monoisotopic (exact) mass is 251 g/mol. The molecule has 0 aliphatic heterocycles. The summed E-state index contributed by atoms with van der Waals surface area (Å²) in [5.41, 5.74) is 1.55. The molecule has 0 bridgehead atoms. The van der Waals surface area contributed by atoms with E-state index in [0.717, 1.165) is 11.3 Å². The van der Waals surface area contributed by atoms with Crippen molar-refractivity contribution in [1.29, 1.82) is 0 Å². The van der Waals surface area contributed by atoms with Gasteiger partial charge in [0.2, 0.25) is 0 Å². The molecule has 1 unspecified atom stereocenters. The van der Waals surface area contributed by atoms with Crippen LogP contribution in [0, 0.1) is 0 Å². The number of aliphatic hydroxyl groups excluding tert-OH is 1. The number of aliphatic hydroxyl groups is 1. The molecule has 1 aromatic rings. The molecule has 0 aromatic heterocycles. The zero-order valence-electron chi connectivity index (χ0n) is 7.59. The Balaban J connectivity index is 3.11. The van der Waals surface area contributed by atoms with E-state index in [9.17, 15) is 5.11 Å². The molecule has 5 heteroatoms. The molecule has 2 nitrogen and oxygen atoms in total. The van der Waals surface area contributed by atoms with Crippen molar-refractivity contribution < 1.29 is 5.11 Å². The van der Waals surface area contributed by atoms with E-state index in [0.29, 0.717) is 16.5 Å². The molecule has 0 aliphatic carbocycles. The summed E-state index contributed by atoms with van der Waals surface area (Å²) in [4.78, 5) is 0. The van der Waals surface area contributed by atoms with E-state index in [2.05, 4.69) is 17.5 Å². The van der Waals surface area contributed by atoms with Gasteiger partial charge in [-0.05, 0) is 24.6 Å². The molecular formula is C9H11Cl2NOS. The number of nitrogens with one attached hydrogen (secondary N) is 1. The lowest BCUT2D eigenvalue weighted by molar-refractivity contribution is 0.195. The van der Waals surface area contributed by atoms with Gasteiger partial charge in [0.25, 0.3) is 0 Å². The van der Waals surface area contributed by atoms with Crippen LogP contribution in [-0.2, 0) is 6.42 Å². The Morgan fingerprint density at radius 3 is 2.64 bits per heavy atom. The van der Waals surface area contributed by atoms with Gasteiger partial charge in [-0.3, -0.25) is 0 Å². The predicted molar refractivity (Wildman–Crippen MR) is 64.5 cm³/mol. The van der Waals surface area contributed by atoms with E-state index in [-0.39, 0.29) is 0 Å². The zero-order valence-corrected chi connectivity index (χ0v) is 10.00. The molecule has 0 spiro atoms. The number of benzene rings is 1. The highest BCUT2D eigenvalue weighted by Crippen LogP contribution is 2.30. The molecule has 14 heavy (non-hydrogen) atoms. The van der Waals surface area contributed by atoms with Crippen LogP contribution < -0.4 is 4.72 Å². The zero-order chi connectivity index (χ0) is 10.7. The second-order valence-electron chi connectivity index (χ2n) is 3.08. The second kappa shape index (κ2) is 5.12. The van der Waals surface area contributed by atoms with E-state index in [4.69, 9.17) is 23.2 Å². The fourth-order valence-electron chi connectivity index (χ4n) is 1.21. The summed E-state index contributed by atoms with van der Waals surface area (Å²) >= 11 is 15.8. The molecule has 0 heterocycles. The smallest absolute Gasteiger partial charge is 0.0553 e. The number of anilines is 1. The number of halogens is 2. The van der Waals surface area contributed by atoms with Crippen molar-refractivity contribution in [1.82, 2.24) is 0 Å². The van der Waals surface area contributed by atoms with Gasteiger partial charge in [-0.15, -0.1) is 0 Å². The first-order valence-corrected chi connectivity index (χ1v) is 5.31. The minimum absolute atomic E-state index is 0.450. The van der Waals surface area contributed by atoms with Crippen LogP contribution in [-0.4, -0.2) is 11.2 Å². The van der Waals surface area contributed by atoms with Crippen molar-refractivity contribution >= 4 is 41.7 Å². The fourth-order valence-corrected chi connectivity index (χ4v) is 1.98. The van der Waals surface area contributed by atoms with Crippen molar-refractivity contribution in [2.75, 3.05) is 4.72 Å². The molecule has 0 radical (unpaired) electrons. The van der Waals surface area contributed by atoms with Gasteiger partial charge in [0.1, 0.15) is 0 Å². The van der Waals surface area contributed by atoms with Crippen LogP contribution in [0.3, 0.4) is 0 Å². The maximum atomic E-state index is 9.28. The summed E-state index contributed by atoms with van der Waals surface area (Å²) in [5, 5.41) is 10.4. The first-order valence-electron chi connectivity index (χ1n) is 4.10. The summed E-state index contributed by atoms with van der Waals surface area (Å²) in [6, 6.07) is 3.37. The Bertz CT molecular complexity index is 331. The second-order valence-corrected chi connectivity index (χ2v) is 4.15. The molecule has 0 aliphatic rings. The SMILES string of the molecule is CC(O)Cc1c(Cl)cc(Cl)cc1NS. The van der Waals surface area contributed by atoms with Gasteiger partial charge in [-0.2, -0.15) is 0 Å². The van der Waals surface area contributed by atoms with Crippen LogP contribution in [0.2, 0.25) is 10.0 Å². The maximum Gasteiger partial charge on any atom is 0.0553 e. The van der Waals surface area contributed by atoms with Gasteiger partial charge >= 0.3 is 0 Å². The molecule has 78 valence electrons. The minimum Gasteiger partial charge on any atom is -0.393 e. The summed E-state index contributed by atoms with van der Waals surface area (Å²) in [7, 11) is 0. The fraction of sp³-hybridized carbons (Fsp3) is 0.333. The molecule has 2 N–H and O–H groups in total. The highest BCUT2D eigenvalue weighted by molar-refractivity contribution is 7.81. The highest BCUT2D eigenvalue weighted by atomic mass is 35.5. The van der Waals surface area contributed by atoms with Crippen molar-refractivity contribution in [3.63, 3.8) is 0 Å². The largest absolute Gasteiger partial charge is 0.393 e. The Morgan fingerprint density at radius 2 is 2.14 bits per heavy atom. The van der Waals surface area contributed by atoms with E-state index in [1.54, 1.807) is 19.1 Å². The van der Waals surface area contributed by atoms with Crippen molar-refractivity contribution in [2.24, 2.45) is 0 Å². The standard InChI is InChI=1S/C9H11Cl2NOS/c1-5(13)2-7-8(11)3-6(10)4-9(7)12-14/h3-5,12-14H,2H2,1H3. The number of hydrogen-bond donors (Lipinski definition) is 3. The number of hydrogen-bond acceptors (Lipinski definition) is 3. The lowest BCUT2D eigenvalue weighted by Crippen LogP contribution is -2.06. The molecule has 0 saturated carbocycles. The van der Waals surface area contributed by atoms with Gasteiger partial charge in [0.15, 0.2) is 0 Å². The summed E-state index contributed by atoms with van der Waals surface area (Å²) in [6.45, 7) is 1.70. The third-order valence-electron chi connectivity index (χ3n) is 1.78. The van der Waals surface area contributed by atoms with Crippen LogP contribution in [0.1, 0.15) is 12.5 Å². The Morgan fingerprint density at radius 1 is 1.50 bits per heavy atom. The quantitative estimate of drug-likeness (QED) is 0.722. The first-order chi connectivity index (χ1) is 6.54. The van der Waals surface area contributed by atoms with Gasteiger partial charge in [-0.25, -0.2) is 0 Å². The third kappa shape index (κ3) is 2.95.